The fraction of sp³-hybridized carbons (Fsp3) is 0.857. The molecule has 105 valence electrons. The van der Waals surface area contributed by atoms with E-state index in [1.165, 1.54) is 10.6 Å². The van der Waals surface area contributed by atoms with Crippen LogP contribution in [0.2, 0.25) is 0 Å². The second-order valence-corrected chi connectivity index (χ2v) is 6.72. The zero-order valence-electron chi connectivity index (χ0n) is 12.9. The average molecular weight is 254 g/mol. The van der Waals surface area contributed by atoms with Gasteiger partial charge in [-0.1, -0.05) is 6.08 Å². The quantitative estimate of drug-likeness (QED) is 0.698. The van der Waals surface area contributed by atoms with Gasteiger partial charge in [0.25, 0.3) is 0 Å². The van der Waals surface area contributed by atoms with Crippen molar-refractivity contribution in [2.45, 2.75) is 38.8 Å². The highest BCUT2D eigenvalue weighted by Gasteiger charge is 2.46. The van der Waals surface area contributed by atoms with Crippen LogP contribution in [0, 0.1) is 0 Å². The molecule has 0 fully saturated rings. The molecule has 0 atom stereocenters. The third-order valence-corrected chi connectivity index (χ3v) is 3.71. The Morgan fingerprint density at radius 1 is 1.11 bits per heavy atom. The van der Waals surface area contributed by atoms with Crippen LogP contribution in [0.15, 0.2) is 11.6 Å². The Labute approximate surface area is 112 Å². The van der Waals surface area contributed by atoms with Gasteiger partial charge in [-0.3, -0.25) is 0 Å². The van der Waals surface area contributed by atoms with Gasteiger partial charge in [0.15, 0.2) is 0 Å². The molecular weight excluding hydrogens is 226 g/mol. The first-order chi connectivity index (χ1) is 8.07. The van der Waals surface area contributed by atoms with Crippen molar-refractivity contribution in [1.82, 2.24) is 14.9 Å². The van der Waals surface area contributed by atoms with Crippen molar-refractivity contribution in [2.24, 2.45) is 0 Å². The maximum atomic E-state index is 12.2. The van der Waals surface area contributed by atoms with Gasteiger partial charge in [0, 0.05) is 19.6 Å². The maximum Gasteiger partial charge on any atom is 0.0668 e. The fourth-order valence-corrected chi connectivity index (χ4v) is 2.49. The molecule has 1 aliphatic heterocycles. The van der Waals surface area contributed by atoms with Crippen molar-refractivity contribution in [1.29, 1.82) is 0 Å². The number of hydroxylamine groups is 2. The molecule has 1 aliphatic rings. The SMILES string of the molecule is CN(C)CCN(C)CC1=CC(C)(C)N([O])C1(C)C. The number of likely N-dealkylation sites (N-methyl/N-ethyl adjacent to an activating group) is 2. The van der Waals surface area contributed by atoms with Gasteiger partial charge < -0.3 is 9.80 Å². The van der Waals surface area contributed by atoms with E-state index in [-0.39, 0.29) is 5.54 Å². The fourth-order valence-electron chi connectivity index (χ4n) is 2.49. The second-order valence-electron chi connectivity index (χ2n) is 6.72. The summed E-state index contributed by atoms with van der Waals surface area (Å²) in [5, 5.41) is 13.5. The van der Waals surface area contributed by atoms with Crippen molar-refractivity contribution in [3.05, 3.63) is 11.6 Å². The van der Waals surface area contributed by atoms with Crippen molar-refractivity contribution >= 4 is 0 Å². The lowest BCUT2D eigenvalue weighted by molar-refractivity contribution is -0.238. The molecule has 0 N–H and O–H groups in total. The van der Waals surface area contributed by atoms with Gasteiger partial charge in [-0.15, -0.1) is 10.3 Å². The summed E-state index contributed by atoms with van der Waals surface area (Å²) in [7, 11) is 6.27. The van der Waals surface area contributed by atoms with E-state index in [2.05, 4.69) is 37.0 Å². The molecule has 0 aromatic heterocycles. The van der Waals surface area contributed by atoms with E-state index in [1.54, 1.807) is 0 Å². The molecule has 1 radical (unpaired) electrons. The molecule has 0 saturated heterocycles. The highest BCUT2D eigenvalue weighted by molar-refractivity contribution is 5.30. The van der Waals surface area contributed by atoms with Gasteiger partial charge in [-0.2, -0.15) is 0 Å². The highest BCUT2D eigenvalue weighted by atomic mass is 16.5. The summed E-state index contributed by atoms with van der Waals surface area (Å²) < 4.78 is 0. The average Bonchev–Trinajstić information content (AvgIpc) is 2.37. The Morgan fingerprint density at radius 3 is 2.06 bits per heavy atom. The zero-order chi connectivity index (χ0) is 14.1. The number of hydrogen-bond acceptors (Lipinski definition) is 3. The number of rotatable bonds is 5. The molecule has 0 aromatic rings. The van der Waals surface area contributed by atoms with Crippen molar-refractivity contribution in [3.63, 3.8) is 0 Å². The lowest BCUT2D eigenvalue weighted by atomic mass is 9.96. The van der Waals surface area contributed by atoms with Crippen LogP contribution >= 0.6 is 0 Å². The smallest absolute Gasteiger partial charge is 0.0668 e. The van der Waals surface area contributed by atoms with Gasteiger partial charge in [0.2, 0.25) is 0 Å². The van der Waals surface area contributed by atoms with Crippen LogP contribution in [0.4, 0.5) is 0 Å². The van der Waals surface area contributed by atoms with Crippen LogP contribution in [0.1, 0.15) is 27.7 Å². The van der Waals surface area contributed by atoms with Crippen LogP contribution in [0.25, 0.3) is 0 Å². The molecule has 0 spiro atoms. The predicted octanol–water partition coefficient (Wildman–Crippen LogP) is 1.62. The Kier molecular flexibility index (Phi) is 4.60. The topological polar surface area (TPSA) is 29.6 Å². The van der Waals surface area contributed by atoms with Gasteiger partial charge in [0.05, 0.1) is 11.1 Å². The molecule has 0 amide bonds. The maximum absolute atomic E-state index is 12.2. The minimum atomic E-state index is -0.393. The summed E-state index contributed by atoms with van der Waals surface area (Å²) in [5.41, 5.74) is 0.445. The third kappa shape index (κ3) is 3.32. The summed E-state index contributed by atoms with van der Waals surface area (Å²) in [6, 6.07) is 0. The van der Waals surface area contributed by atoms with E-state index in [0.29, 0.717) is 0 Å². The van der Waals surface area contributed by atoms with Crippen LogP contribution in [0.3, 0.4) is 0 Å². The monoisotopic (exact) mass is 254 g/mol. The van der Waals surface area contributed by atoms with E-state index < -0.39 is 5.54 Å². The summed E-state index contributed by atoms with van der Waals surface area (Å²) in [5.74, 6) is 0. The first-order valence-electron chi connectivity index (χ1n) is 6.60. The van der Waals surface area contributed by atoms with E-state index in [1.807, 2.05) is 27.7 Å². The zero-order valence-corrected chi connectivity index (χ0v) is 12.9. The standard InChI is InChI=1S/C14H28N3O/c1-13(2)10-12(14(3,4)17(13)18)11-16(7)9-8-15(5)6/h10H,8-9,11H2,1-7H3. The minimum Gasteiger partial charge on any atom is -0.308 e. The normalized spacial score (nSPS) is 22.9. The molecule has 0 bridgehead atoms. The van der Waals surface area contributed by atoms with Crippen LogP contribution in [0.5, 0.6) is 0 Å². The summed E-state index contributed by atoms with van der Waals surface area (Å²) in [4.78, 5) is 4.46. The largest absolute Gasteiger partial charge is 0.308 e. The number of hydrogen-bond donors (Lipinski definition) is 0. The second kappa shape index (κ2) is 5.29. The first-order valence-corrected chi connectivity index (χ1v) is 6.60. The van der Waals surface area contributed by atoms with Gasteiger partial charge >= 0.3 is 0 Å². The van der Waals surface area contributed by atoms with Gasteiger partial charge in [-0.25, -0.2) is 0 Å². The summed E-state index contributed by atoms with van der Waals surface area (Å²) in [6.45, 7) is 10.9. The molecule has 1 heterocycles. The van der Waals surface area contributed by atoms with Crippen LogP contribution in [-0.4, -0.2) is 66.7 Å². The van der Waals surface area contributed by atoms with Crippen molar-refractivity contribution in [3.8, 4) is 0 Å². The Bertz CT molecular complexity index is 321. The molecular formula is C14H28N3O. The molecule has 18 heavy (non-hydrogen) atoms. The molecule has 0 aromatic carbocycles. The molecule has 0 saturated carbocycles. The summed E-state index contributed by atoms with van der Waals surface area (Å²) in [6.07, 6.45) is 2.13. The van der Waals surface area contributed by atoms with E-state index in [4.69, 9.17) is 0 Å². The molecule has 0 unspecified atom stereocenters. The summed E-state index contributed by atoms with van der Waals surface area (Å²) >= 11 is 0. The highest BCUT2D eigenvalue weighted by Crippen LogP contribution is 2.38. The van der Waals surface area contributed by atoms with Gasteiger partial charge in [-0.05, 0) is 54.4 Å². The van der Waals surface area contributed by atoms with Crippen LogP contribution < -0.4 is 0 Å². The molecule has 0 aliphatic carbocycles. The van der Waals surface area contributed by atoms with Gasteiger partial charge in [0.1, 0.15) is 0 Å². The molecule has 1 rings (SSSR count). The van der Waals surface area contributed by atoms with E-state index in [9.17, 15) is 5.21 Å². The third-order valence-electron chi connectivity index (χ3n) is 3.71. The molecule has 4 heteroatoms. The number of nitrogens with zero attached hydrogens (tertiary/aromatic N) is 3. The predicted molar refractivity (Wildman–Crippen MR) is 74.8 cm³/mol. The molecule has 4 nitrogen and oxygen atoms in total. The first kappa shape index (κ1) is 15.6. The van der Waals surface area contributed by atoms with Crippen molar-refractivity contribution in [2.75, 3.05) is 40.8 Å². The Morgan fingerprint density at radius 2 is 1.67 bits per heavy atom. The Hall–Kier alpha value is -0.420. The Balaban J connectivity index is 2.67. The lowest BCUT2D eigenvalue weighted by Gasteiger charge is -2.35. The van der Waals surface area contributed by atoms with E-state index in [0.717, 1.165) is 19.6 Å². The minimum absolute atomic E-state index is 0.388. The van der Waals surface area contributed by atoms with E-state index >= 15 is 0 Å². The van der Waals surface area contributed by atoms with Crippen LogP contribution in [-0.2, 0) is 5.21 Å². The van der Waals surface area contributed by atoms with Crippen molar-refractivity contribution < 1.29 is 5.21 Å². The lowest BCUT2D eigenvalue weighted by Crippen LogP contribution is -2.48.